The maximum absolute atomic E-state index is 13.7. The molecule has 5 nitrogen and oxygen atoms in total. The van der Waals surface area contributed by atoms with E-state index in [1.54, 1.807) is 0 Å². The molecule has 0 saturated carbocycles. The van der Waals surface area contributed by atoms with Crippen molar-refractivity contribution in [1.29, 1.82) is 0 Å². The van der Waals surface area contributed by atoms with Gasteiger partial charge in [-0.25, -0.2) is 13.2 Å². The fraction of sp³-hybridized carbons (Fsp3) is 0.0769. The smallest absolute Gasteiger partial charge is 0.311 e. The summed E-state index contributed by atoms with van der Waals surface area (Å²) in [6.45, 7) is -0.589. The van der Waals surface area contributed by atoms with Crippen LogP contribution in [0.4, 0.5) is 18.9 Å². The van der Waals surface area contributed by atoms with Gasteiger partial charge in [0.25, 0.3) is 0 Å². The number of aliphatic hydroxyl groups is 1. The number of ether oxygens (including phenoxy) is 1. The van der Waals surface area contributed by atoms with Crippen molar-refractivity contribution in [1.82, 2.24) is 0 Å². The summed E-state index contributed by atoms with van der Waals surface area (Å²) < 4.78 is 45.3. The van der Waals surface area contributed by atoms with Gasteiger partial charge >= 0.3 is 5.69 Å². The minimum atomic E-state index is -1.17. The van der Waals surface area contributed by atoms with Gasteiger partial charge in [0.1, 0.15) is 5.82 Å². The van der Waals surface area contributed by atoms with Crippen LogP contribution < -0.4 is 4.74 Å². The molecule has 8 heteroatoms. The van der Waals surface area contributed by atoms with Crippen LogP contribution in [0.25, 0.3) is 0 Å². The standard InChI is InChI=1S/C13H8F3NO4/c14-8-1-2-11(17(19)20)12(5-8)21-13-9(15)3-7(6-18)4-10(13)16/h1-5,18H,6H2. The van der Waals surface area contributed by atoms with E-state index in [1.165, 1.54) is 0 Å². The third-order valence-corrected chi connectivity index (χ3v) is 2.57. The Bertz CT molecular complexity index is 683. The Hall–Kier alpha value is -2.61. The van der Waals surface area contributed by atoms with Crippen LogP contribution in [0.1, 0.15) is 5.56 Å². The Balaban J connectivity index is 2.48. The predicted octanol–water partition coefficient (Wildman–Crippen LogP) is 3.30. The molecule has 0 aliphatic rings. The summed E-state index contributed by atoms with van der Waals surface area (Å²) in [6, 6.07) is 3.92. The van der Waals surface area contributed by atoms with Crippen LogP contribution in [-0.2, 0) is 6.61 Å². The molecule has 2 aromatic carbocycles. The summed E-state index contributed by atoms with van der Waals surface area (Å²) >= 11 is 0. The number of aliphatic hydroxyl groups excluding tert-OH is 1. The summed E-state index contributed by atoms with van der Waals surface area (Å²) in [5, 5.41) is 19.6. The second-order valence-electron chi connectivity index (χ2n) is 4.02. The summed E-state index contributed by atoms with van der Waals surface area (Å²) in [6.07, 6.45) is 0. The van der Waals surface area contributed by atoms with Gasteiger partial charge < -0.3 is 9.84 Å². The van der Waals surface area contributed by atoms with E-state index in [0.717, 1.165) is 24.3 Å². The Labute approximate surface area is 116 Å². The van der Waals surface area contributed by atoms with Gasteiger partial charge in [0.2, 0.25) is 5.75 Å². The lowest BCUT2D eigenvalue weighted by Crippen LogP contribution is -1.99. The highest BCUT2D eigenvalue weighted by Gasteiger charge is 2.21. The number of nitro groups is 1. The molecular formula is C13H8F3NO4. The molecular weight excluding hydrogens is 291 g/mol. The molecule has 0 aliphatic carbocycles. The molecule has 0 unspecified atom stereocenters. The fourth-order valence-corrected chi connectivity index (χ4v) is 1.63. The predicted molar refractivity (Wildman–Crippen MR) is 65.4 cm³/mol. The van der Waals surface area contributed by atoms with E-state index >= 15 is 0 Å². The fourth-order valence-electron chi connectivity index (χ4n) is 1.63. The van der Waals surface area contributed by atoms with Crippen LogP contribution >= 0.6 is 0 Å². The van der Waals surface area contributed by atoms with E-state index in [9.17, 15) is 23.3 Å². The highest BCUT2D eigenvalue weighted by atomic mass is 19.1. The Morgan fingerprint density at radius 3 is 2.29 bits per heavy atom. The molecule has 0 heterocycles. The zero-order valence-corrected chi connectivity index (χ0v) is 10.3. The van der Waals surface area contributed by atoms with E-state index in [0.29, 0.717) is 6.07 Å². The first-order chi connectivity index (χ1) is 9.92. The molecule has 0 saturated heterocycles. The van der Waals surface area contributed by atoms with Crippen molar-refractivity contribution in [2.75, 3.05) is 0 Å². The lowest BCUT2D eigenvalue weighted by Gasteiger charge is -2.09. The van der Waals surface area contributed by atoms with Crippen molar-refractivity contribution in [3.63, 3.8) is 0 Å². The molecule has 110 valence electrons. The van der Waals surface area contributed by atoms with Gasteiger partial charge in [0, 0.05) is 12.1 Å². The molecule has 2 rings (SSSR count). The van der Waals surface area contributed by atoms with Crippen LogP contribution in [0, 0.1) is 27.6 Å². The van der Waals surface area contributed by atoms with Gasteiger partial charge in [-0.2, -0.15) is 0 Å². The molecule has 0 bridgehead atoms. The maximum atomic E-state index is 13.7. The zero-order chi connectivity index (χ0) is 15.6. The zero-order valence-electron chi connectivity index (χ0n) is 10.3. The number of hydrogen-bond acceptors (Lipinski definition) is 4. The maximum Gasteiger partial charge on any atom is 0.311 e. The third-order valence-electron chi connectivity index (χ3n) is 2.57. The summed E-state index contributed by atoms with van der Waals surface area (Å²) in [5.74, 6) is -4.74. The van der Waals surface area contributed by atoms with Crippen LogP contribution in [-0.4, -0.2) is 10.0 Å². The normalized spacial score (nSPS) is 10.5. The van der Waals surface area contributed by atoms with Gasteiger partial charge in [0.15, 0.2) is 17.4 Å². The van der Waals surface area contributed by atoms with Crippen molar-refractivity contribution in [3.8, 4) is 11.5 Å². The molecule has 0 aliphatic heterocycles. The Morgan fingerprint density at radius 2 is 1.76 bits per heavy atom. The second kappa shape index (κ2) is 5.80. The average Bonchev–Trinajstić information content (AvgIpc) is 2.42. The van der Waals surface area contributed by atoms with Crippen molar-refractivity contribution in [2.24, 2.45) is 0 Å². The minimum Gasteiger partial charge on any atom is -0.444 e. The SMILES string of the molecule is O=[N+]([O-])c1ccc(F)cc1Oc1c(F)cc(CO)cc1F. The lowest BCUT2D eigenvalue weighted by atomic mass is 10.2. The molecule has 0 radical (unpaired) electrons. The first-order valence-corrected chi connectivity index (χ1v) is 5.63. The average molecular weight is 299 g/mol. The first-order valence-electron chi connectivity index (χ1n) is 5.63. The number of nitro benzene ring substituents is 1. The Kier molecular flexibility index (Phi) is 4.08. The summed E-state index contributed by atoms with van der Waals surface area (Å²) in [4.78, 5) is 9.91. The molecule has 0 amide bonds. The van der Waals surface area contributed by atoms with Gasteiger partial charge in [-0.1, -0.05) is 0 Å². The third kappa shape index (κ3) is 3.11. The first kappa shape index (κ1) is 14.8. The highest BCUT2D eigenvalue weighted by Crippen LogP contribution is 2.34. The monoisotopic (exact) mass is 299 g/mol. The van der Waals surface area contributed by atoms with Crippen LogP contribution in [0.5, 0.6) is 11.5 Å². The van der Waals surface area contributed by atoms with Gasteiger partial charge in [-0.3, -0.25) is 10.1 Å². The topological polar surface area (TPSA) is 72.6 Å². The number of hydrogen-bond donors (Lipinski definition) is 1. The van der Waals surface area contributed by atoms with E-state index < -0.39 is 46.2 Å². The van der Waals surface area contributed by atoms with E-state index in [-0.39, 0.29) is 5.56 Å². The quantitative estimate of drug-likeness (QED) is 0.694. The number of halogens is 3. The van der Waals surface area contributed by atoms with Gasteiger partial charge in [-0.15, -0.1) is 0 Å². The van der Waals surface area contributed by atoms with Crippen LogP contribution in [0.3, 0.4) is 0 Å². The largest absolute Gasteiger partial charge is 0.444 e. The van der Waals surface area contributed by atoms with Crippen molar-refractivity contribution in [3.05, 3.63) is 63.5 Å². The summed E-state index contributed by atoms with van der Waals surface area (Å²) in [5.41, 5.74) is -0.674. The number of benzene rings is 2. The molecule has 2 aromatic rings. The van der Waals surface area contributed by atoms with Gasteiger partial charge in [0.05, 0.1) is 11.5 Å². The van der Waals surface area contributed by atoms with Crippen molar-refractivity contribution in [2.45, 2.75) is 6.61 Å². The van der Waals surface area contributed by atoms with Crippen molar-refractivity contribution >= 4 is 5.69 Å². The molecule has 1 N–H and O–H groups in total. The Morgan fingerprint density at radius 1 is 1.14 bits per heavy atom. The second-order valence-corrected chi connectivity index (χ2v) is 4.02. The number of rotatable bonds is 4. The molecule has 0 fully saturated rings. The van der Waals surface area contributed by atoms with Crippen LogP contribution in [0.2, 0.25) is 0 Å². The number of nitrogens with zero attached hydrogens (tertiary/aromatic N) is 1. The van der Waals surface area contributed by atoms with E-state index in [1.807, 2.05) is 0 Å². The van der Waals surface area contributed by atoms with E-state index in [2.05, 4.69) is 0 Å². The van der Waals surface area contributed by atoms with Crippen molar-refractivity contribution < 1.29 is 27.9 Å². The minimum absolute atomic E-state index is 0.0360. The highest BCUT2D eigenvalue weighted by molar-refractivity contribution is 5.49. The molecule has 0 spiro atoms. The molecule has 21 heavy (non-hydrogen) atoms. The van der Waals surface area contributed by atoms with Gasteiger partial charge in [-0.05, 0) is 23.8 Å². The summed E-state index contributed by atoms with van der Waals surface area (Å²) in [7, 11) is 0. The molecule has 0 aromatic heterocycles. The van der Waals surface area contributed by atoms with E-state index in [4.69, 9.17) is 9.84 Å². The van der Waals surface area contributed by atoms with Crippen LogP contribution in [0.15, 0.2) is 30.3 Å². The molecule has 0 atom stereocenters. The lowest BCUT2D eigenvalue weighted by molar-refractivity contribution is -0.385.